The van der Waals surface area contributed by atoms with Crippen LogP contribution in [0.3, 0.4) is 0 Å². The first-order valence-electron chi connectivity index (χ1n) is 21.7. The Labute approximate surface area is 353 Å². The van der Waals surface area contributed by atoms with Crippen LogP contribution >= 0.6 is 7.82 Å². The number of hydrogen-bond donors (Lipinski definition) is 6. The molecule has 0 aromatic heterocycles. The Morgan fingerprint density at radius 1 is 0.542 bits per heavy atom. The zero-order chi connectivity index (χ0) is 43.6. The minimum absolute atomic E-state index is 0.0375. The third-order valence-electron chi connectivity index (χ3n) is 9.53. The normalized spacial score (nSPS) is 23.1. The van der Waals surface area contributed by atoms with Crippen LogP contribution in [0.25, 0.3) is 0 Å². The Hall–Kier alpha value is -2.71. The van der Waals surface area contributed by atoms with Crippen LogP contribution in [0.15, 0.2) is 72.9 Å². The van der Waals surface area contributed by atoms with Crippen molar-refractivity contribution in [1.82, 2.24) is 0 Å². The van der Waals surface area contributed by atoms with Gasteiger partial charge in [-0.2, -0.15) is 0 Å². The second-order valence-corrected chi connectivity index (χ2v) is 16.2. The summed E-state index contributed by atoms with van der Waals surface area (Å²) in [5.41, 5.74) is 0. The van der Waals surface area contributed by atoms with Gasteiger partial charge in [0.2, 0.25) is 0 Å². The Morgan fingerprint density at radius 3 is 1.51 bits per heavy atom. The summed E-state index contributed by atoms with van der Waals surface area (Å²) in [5, 5.41) is 50.1. The fraction of sp³-hybridized carbons (Fsp3) is 0.689. The highest BCUT2D eigenvalue weighted by molar-refractivity contribution is 7.47. The van der Waals surface area contributed by atoms with Crippen molar-refractivity contribution in [1.29, 1.82) is 0 Å². The predicted molar refractivity (Wildman–Crippen MR) is 230 cm³/mol. The summed E-state index contributed by atoms with van der Waals surface area (Å²) in [6.45, 7) is 3.09. The van der Waals surface area contributed by atoms with E-state index in [1.54, 1.807) is 0 Å². The fourth-order valence-corrected chi connectivity index (χ4v) is 6.98. The van der Waals surface area contributed by atoms with Crippen molar-refractivity contribution in [2.75, 3.05) is 13.2 Å². The molecule has 1 rings (SSSR count). The highest BCUT2D eigenvalue weighted by Gasteiger charge is 2.51. The van der Waals surface area contributed by atoms with Gasteiger partial charge in [0.1, 0.15) is 43.2 Å². The van der Waals surface area contributed by atoms with E-state index in [1.807, 2.05) is 6.08 Å². The molecule has 0 aliphatic heterocycles. The second-order valence-electron chi connectivity index (χ2n) is 14.8. The SMILES string of the molecule is CC/C=C\C/C=C\C/C=C\C/C=C\CCCCC(=O)OC(COC(=O)CCCCCCC/C=C\C/C=C\CCCCC)COP(=O)(O)OC1C(O)C(O)C(O)C(O)C1O. The molecule has 338 valence electrons. The molecule has 6 atom stereocenters. The number of carbonyl (C=O) groups excluding carboxylic acids is 2. The van der Waals surface area contributed by atoms with Gasteiger partial charge in [-0.05, 0) is 83.5 Å². The first-order chi connectivity index (χ1) is 28.4. The molecule has 14 heteroatoms. The number of phosphoric acid groups is 1. The Balaban J connectivity index is 2.54. The van der Waals surface area contributed by atoms with Crippen LogP contribution in [0, 0.1) is 0 Å². The number of ether oxygens (including phenoxy) is 2. The molecule has 59 heavy (non-hydrogen) atoms. The molecule has 1 aliphatic carbocycles. The summed E-state index contributed by atoms with van der Waals surface area (Å²) < 4.78 is 33.4. The van der Waals surface area contributed by atoms with Crippen molar-refractivity contribution in [2.45, 2.75) is 185 Å². The molecule has 1 saturated carbocycles. The Morgan fingerprint density at radius 2 is 0.966 bits per heavy atom. The molecule has 0 bridgehead atoms. The lowest BCUT2D eigenvalue weighted by atomic mass is 9.85. The molecule has 1 fully saturated rings. The van der Waals surface area contributed by atoms with Gasteiger partial charge in [0.15, 0.2) is 6.10 Å². The van der Waals surface area contributed by atoms with Crippen LogP contribution < -0.4 is 0 Å². The van der Waals surface area contributed by atoms with E-state index >= 15 is 0 Å². The number of aliphatic hydroxyl groups is 5. The van der Waals surface area contributed by atoms with Gasteiger partial charge in [-0.3, -0.25) is 18.6 Å². The highest BCUT2D eigenvalue weighted by atomic mass is 31.2. The van der Waals surface area contributed by atoms with E-state index in [9.17, 15) is 44.6 Å². The largest absolute Gasteiger partial charge is 0.472 e. The third kappa shape index (κ3) is 27.7. The molecule has 0 aromatic rings. The highest BCUT2D eigenvalue weighted by Crippen LogP contribution is 2.47. The lowest BCUT2D eigenvalue weighted by Crippen LogP contribution is -2.64. The van der Waals surface area contributed by atoms with Gasteiger partial charge < -0.3 is 39.9 Å². The van der Waals surface area contributed by atoms with Gasteiger partial charge in [-0.25, -0.2) is 4.57 Å². The molecular weight excluding hydrogens is 779 g/mol. The Kier molecular flexibility index (Phi) is 32.2. The van der Waals surface area contributed by atoms with Gasteiger partial charge in [0, 0.05) is 12.8 Å². The molecule has 0 radical (unpaired) electrons. The number of unbranched alkanes of at least 4 members (excludes halogenated alkanes) is 10. The van der Waals surface area contributed by atoms with Crippen LogP contribution in [-0.2, 0) is 32.7 Å². The monoisotopic (exact) mass is 854 g/mol. The van der Waals surface area contributed by atoms with Crippen LogP contribution in [0.1, 0.15) is 142 Å². The number of phosphoric ester groups is 1. The van der Waals surface area contributed by atoms with E-state index in [4.69, 9.17) is 18.5 Å². The fourth-order valence-electron chi connectivity index (χ4n) is 6.01. The van der Waals surface area contributed by atoms with Gasteiger partial charge in [0.05, 0.1) is 6.61 Å². The average molecular weight is 855 g/mol. The molecule has 0 heterocycles. The molecule has 13 nitrogen and oxygen atoms in total. The summed E-state index contributed by atoms with van der Waals surface area (Å²) in [6.07, 6.45) is 29.6. The number of aliphatic hydroxyl groups excluding tert-OH is 5. The van der Waals surface area contributed by atoms with E-state index in [2.05, 4.69) is 80.7 Å². The van der Waals surface area contributed by atoms with E-state index in [0.717, 1.165) is 77.0 Å². The predicted octanol–water partition coefficient (Wildman–Crippen LogP) is 7.94. The number of hydrogen-bond acceptors (Lipinski definition) is 12. The summed E-state index contributed by atoms with van der Waals surface area (Å²) in [6, 6.07) is 0. The minimum atomic E-state index is -5.13. The maximum Gasteiger partial charge on any atom is 0.472 e. The molecule has 0 spiro atoms. The van der Waals surface area contributed by atoms with Crippen LogP contribution in [0.4, 0.5) is 0 Å². The summed E-state index contributed by atoms with van der Waals surface area (Å²) in [7, 11) is -5.13. The number of carbonyl (C=O) groups is 2. The van der Waals surface area contributed by atoms with Gasteiger partial charge in [-0.1, -0.05) is 119 Å². The van der Waals surface area contributed by atoms with Crippen molar-refractivity contribution >= 4 is 19.8 Å². The summed E-state index contributed by atoms with van der Waals surface area (Å²) in [5.74, 6) is -1.17. The maximum atomic E-state index is 12.8. The van der Waals surface area contributed by atoms with Crippen molar-refractivity contribution in [3.63, 3.8) is 0 Å². The number of esters is 2. The van der Waals surface area contributed by atoms with E-state index < -0.39 is 75.7 Å². The summed E-state index contributed by atoms with van der Waals surface area (Å²) >= 11 is 0. The molecule has 0 saturated heterocycles. The molecular formula is C45H75O13P. The van der Waals surface area contributed by atoms with Crippen LogP contribution in [0.5, 0.6) is 0 Å². The van der Waals surface area contributed by atoms with E-state index in [-0.39, 0.29) is 12.8 Å². The summed E-state index contributed by atoms with van der Waals surface area (Å²) in [4.78, 5) is 35.6. The standard InChI is InChI=1S/C45H75O13P/c1-3-5-7-9-11-13-15-17-19-21-23-25-27-29-31-33-38(46)55-35-37(36-56-59(53,54)58-45-43(51)41(49)40(48)42(50)44(45)52)57-39(47)34-32-30-28-26-24-22-20-18-16-14-12-10-8-6-4-2/h6,8,11-14,17-20,24,26,37,40-45,48-52H,3-5,7,9-10,15-16,21-23,25,27-36H2,1-2H3,(H,53,54)/b8-6-,13-11-,14-12-,19-17-,20-18-,26-24-. The lowest BCUT2D eigenvalue weighted by molar-refractivity contribution is -0.220. The quantitative estimate of drug-likeness (QED) is 0.0157. The van der Waals surface area contributed by atoms with Gasteiger partial charge in [0.25, 0.3) is 0 Å². The first-order valence-corrected chi connectivity index (χ1v) is 23.2. The second kappa shape index (κ2) is 34.9. The zero-order valence-corrected chi connectivity index (χ0v) is 36.4. The van der Waals surface area contributed by atoms with Crippen molar-refractivity contribution in [3.05, 3.63) is 72.9 Å². The minimum Gasteiger partial charge on any atom is -0.462 e. The molecule has 0 aromatic carbocycles. The molecule has 1 aliphatic rings. The Bertz CT molecular complexity index is 1310. The molecule has 0 amide bonds. The van der Waals surface area contributed by atoms with Crippen LogP contribution in [-0.4, -0.2) is 98.3 Å². The third-order valence-corrected chi connectivity index (χ3v) is 10.5. The van der Waals surface area contributed by atoms with Crippen molar-refractivity contribution < 1.29 is 63.1 Å². The first kappa shape index (κ1) is 54.3. The van der Waals surface area contributed by atoms with Gasteiger partial charge in [-0.15, -0.1) is 0 Å². The van der Waals surface area contributed by atoms with Crippen LogP contribution in [0.2, 0.25) is 0 Å². The molecule has 6 N–H and O–H groups in total. The molecule has 6 unspecified atom stereocenters. The van der Waals surface area contributed by atoms with Crippen molar-refractivity contribution in [2.24, 2.45) is 0 Å². The number of allylic oxidation sites excluding steroid dienone is 12. The topological polar surface area (TPSA) is 210 Å². The zero-order valence-electron chi connectivity index (χ0n) is 35.5. The smallest absolute Gasteiger partial charge is 0.462 e. The average Bonchev–Trinajstić information content (AvgIpc) is 3.21. The van der Waals surface area contributed by atoms with Gasteiger partial charge >= 0.3 is 19.8 Å². The van der Waals surface area contributed by atoms with E-state index in [0.29, 0.717) is 19.3 Å². The van der Waals surface area contributed by atoms with E-state index in [1.165, 1.54) is 19.3 Å². The lowest BCUT2D eigenvalue weighted by Gasteiger charge is -2.41. The number of rotatable bonds is 34. The maximum absolute atomic E-state index is 12.8. The van der Waals surface area contributed by atoms with Crippen molar-refractivity contribution in [3.8, 4) is 0 Å².